The van der Waals surface area contributed by atoms with Crippen LogP contribution in [0.3, 0.4) is 0 Å². The first-order valence-corrected chi connectivity index (χ1v) is 14.8. The molecule has 3 heteroatoms. The zero-order chi connectivity index (χ0) is 27.5. The average Bonchev–Trinajstić information content (AvgIpc) is 2.96. The molecule has 204 valence electrons. The fourth-order valence-corrected chi connectivity index (χ4v) is 5.25. The van der Waals surface area contributed by atoms with Crippen LogP contribution in [0.25, 0.3) is 33.4 Å². The van der Waals surface area contributed by atoms with E-state index in [1.54, 1.807) is 12.1 Å². The highest BCUT2D eigenvalue weighted by molar-refractivity contribution is 6.20. The van der Waals surface area contributed by atoms with E-state index in [0.29, 0.717) is 6.61 Å². The van der Waals surface area contributed by atoms with Crippen molar-refractivity contribution < 1.29 is 9.13 Å². The van der Waals surface area contributed by atoms with Crippen LogP contribution in [0.2, 0.25) is 0 Å². The van der Waals surface area contributed by atoms with Crippen LogP contribution in [-0.4, -0.2) is 12.0 Å². The van der Waals surface area contributed by atoms with Crippen molar-refractivity contribution in [2.75, 3.05) is 6.61 Å². The Hall–Kier alpha value is -3.10. The Kier molecular flexibility index (Phi) is 11.0. The van der Waals surface area contributed by atoms with Gasteiger partial charge in [-0.3, -0.25) is 0 Å². The highest BCUT2D eigenvalue weighted by Crippen LogP contribution is 2.43. The zero-order valence-corrected chi connectivity index (χ0v) is 24.0. The van der Waals surface area contributed by atoms with Gasteiger partial charge in [-0.25, -0.2) is 4.39 Å². The maximum absolute atomic E-state index is 14.4. The van der Waals surface area contributed by atoms with Crippen molar-refractivity contribution in [2.45, 2.75) is 70.6 Å². The van der Waals surface area contributed by atoms with Crippen LogP contribution < -0.4 is 4.74 Å². The van der Waals surface area contributed by atoms with Gasteiger partial charge in [0, 0.05) is 0 Å². The maximum Gasteiger partial charge on any atom is 0.123 e. The number of halogens is 2. The Labute approximate surface area is 239 Å². The predicted octanol–water partition coefficient (Wildman–Crippen LogP) is 11.1. The molecule has 0 aromatic heterocycles. The average molecular weight is 543 g/mol. The van der Waals surface area contributed by atoms with E-state index in [4.69, 9.17) is 16.3 Å². The standard InChI is InChI=1S/C36H40ClFO/c1-3-4-5-6-7-8-10-16-29-21-24-34(31-17-13-18-32(38)25-31)36(28-14-11-9-12-15-28)35(29)30-19-22-33(23-20-30)39-26-27(2)37/h9,11-15,17-25,27H,3-8,10,16,26H2,1-2H3/t27-/m0/s1. The molecule has 0 radical (unpaired) electrons. The van der Waals surface area contributed by atoms with Crippen LogP contribution in [0.15, 0.2) is 91.0 Å². The summed E-state index contributed by atoms with van der Waals surface area (Å²) in [4.78, 5) is 0. The van der Waals surface area contributed by atoms with Gasteiger partial charge >= 0.3 is 0 Å². The lowest BCUT2D eigenvalue weighted by Gasteiger charge is -2.21. The molecule has 1 nitrogen and oxygen atoms in total. The van der Waals surface area contributed by atoms with E-state index in [9.17, 15) is 4.39 Å². The molecule has 4 aromatic rings. The van der Waals surface area contributed by atoms with E-state index in [1.807, 2.05) is 31.2 Å². The summed E-state index contributed by atoms with van der Waals surface area (Å²) in [5, 5.41) is -0.0501. The molecule has 0 unspecified atom stereocenters. The van der Waals surface area contributed by atoms with Crippen molar-refractivity contribution in [2.24, 2.45) is 0 Å². The van der Waals surface area contributed by atoms with Crippen LogP contribution >= 0.6 is 11.6 Å². The number of hydrogen-bond donors (Lipinski definition) is 0. The van der Waals surface area contributed by atoms with Crippen LogP contribution in [0.4, 0.5) is 4.39 Å². The molecule has 0 aliphatic carbocycles. The Bertz CT molecular complexity index is 1300. The topological polar surface area (TPSA) is 9.23 Å². The van der Waals surface area contributed by atoms with Gasteiger partial charge in [-0.15, -0.1) is 11.6 Å². The van der Waals surface area contributed by atoms with Crippen molar-refractivity contribution in [3.05, 3.63) is 102 Å². The lowest BCUT2D eigenvalue weighted by atomic mass is 9.83. The predicted molar refractivity (Wildman–Crippen MR) is 165 cm³/mol. The summed E-state index contributed by atoms with van der Waals surface area (Å²) in [6, 6.07) is 30.1. The van der Waals surface area contributed by atoms with Crippen molar-refractivity contribution in [1.82, 2.24) is 0 Å². The Morgan fingerprint density at radius 2 is 1.36 bits per heavy atom. The number of benzene rings is 4. The van der Waals surface area contributed by atoms with Gasteiger partial charge in [0.05, 0.1) is 5.38 Å². The fraction of sp³-hybridized carbons (Fsp3) is 0.333. The molecular weight excluding hydrogens is 503 g/mol. The molecule has 0 spiro atoms. The number of rotatable bonds is 14. The number of hydrogen-bond acceptors (Lipinski definition) is 1. The van der Waals surface area contributed by atoms with Crippen LogP contribution in [0.1, 0.15) is 64.4 Å². The van der Waals surface area contributed by atoms with Gasteiger partial charge in [0.1, 0.15) is 18.2 Å². The molecule has 1 atom stereocenters. The first-order valence-electron chi connectivity index (χ1n) is 14.4. The highest BCUT2D eigenvalue weighted by atomic mass is 35.5. The van der Waals surface area contributed by atoms with Crippen molar-refractivity contribution in [3.63, 3.8) is 0 Å². The molecule has 0 aliphatic heterocycles. The first-order chi connectivity index (χ1) is 19.1. The number of unbranched alkanes of at least 4 members (excludes halogenated alkanes) is 6. The zero-order valence-electron chi connectivity index (χ0n) is 23.3. The van der Waals surface area contributed by atoms with Gasteiger partial charge in [0.15, 0.2) is 0 Å². The van der Waals surface area contributed by atoms with Gasteiger partial charge in [-0.05, 0) is 83.0 Å². The van der Waals surface area contributed by atoms with E-state index in [0.717, 1.165) is 46.4 Å². The lowest BCUT2D eigenvalue weighted by Crippen LogP contribution is -2.07. The molecular formula is C36H40ClFO. The molecule has 0 saturated heterocycles. The summed E-state index contributed by atoms with van der Waals surface area (Å²) in [5.74, 6) is 0.581. The summed E-state index contributed by atoms with van der Waals surface area (Å²) in [6.45, 7) is 4.65. The number of aryl methyl sites for hydroxylation is 1. The molecule has 39 heavy (non-hydrogen) atoms. The number of ether oxygens (including phenoxy) is 1. The number of alkyl halides is 1. The largest absolute Gasteiger partial charge is 0.492 e. The van der Waals surface area contributed by atoms with Crippen LogP contribution in [-0.2, 0) is 6.42 Å². The molecule has 0 N–H and O–H groups in total. The Morgan fingerprint density at radius 1 is 0.692 bits per heavy atom. The van der Waals surface area contributed by atoms with Gasteiger partial charge < -0.3 is 4.74 Å². The Balaban J connectivity index is 1.77. The third-order valence-corrected chi connectivity index (χ3v) is 7.29. The fourth-order valence-electron chi connectivity index (χ4n) is 5.19. The van der Waals surface area contributed by atoms with Gasteiger partial charge in [-0.2, -0.15) is 0 Å². The molecule has 4 aromatic carbocycles. The minimum atomic E-state index is -0.227. The van der Waals surface area contributed by atoms with Gasteiger partial charge in [0.2, 0.25) is 0 Å². The quantitative estimate of drug-likeness (QED) is 0.114. The van der Waals surface area contributed by atoms with E-state index in [1.165, 1.54) is 55.7 Å². The first kappa shape index (κ1) is 28.9. The minimum absolute atomic E-state index is 0.0501. The third kappa shape index (κ3) is 8.19. The monoisotopic (exact) mass is 542 g/mol. The molecule has 0 fully saturated rings. The SMILES string of the molecule is CCCCCCCCCc1ccc(-c2cccc(F)c2)c(-c2ccccc2)c1-c1ccc(OC[C@H](C)Cl)cc1. The summed E-state index contributed by atoms with van der Waals surface area (Å²) in [5.41, 5.74) is 7.87. The molecule has 0 aliphatic rings. The molecule has 4 rings (SSSR count). The smallest absolute Gasteiger partial charge is 0.123 e. The van der Waals surface area contributed by atoms with E-state index in [-0.39, 0.29) is 11.2 Å². The second-order valence-electron chi connectivity index (χ2n) is 10.4. The second kappa shape index (κ2) is 14.9. The van der Waals surface area contributed by atoms with Crippen molar-refractivity contribution >= 4 is 11.6 Å². The molecule has 0 heterocycles. The van der Waals surface area contributed by atoms with E-state index >= 15 is 0 Å². The van der Waals surface area contributed by atoms with Crippen molar-refractivity contribution in [3.8, 4) is 39.1 Å². The van der Waals surface area contributed by atoms with Gasteiger partial charge in [-0.1, -0.05) is 112 Å². The summed E-state index contributed by atoms with van der Waals surface area (Å²) in [7, 11) is 0. The highest BCUT2D eigenvalue weighted by Gasteiger charge is 2.18. The van der Waals surface area contributed by atoms with Crippen LogP contribution in [0.5, 0.6) is 5.75 Å². The van der Waals surface area contributed by atoms with Crippen LogP contribution in [0, 0.1) is 5.82 Å². The molecule has 0 saturated carbocycles. The van der Waals surface area contributed by atoms with E-state index in [2.05, 4.69) is 55.5 Å². The summed E-state index contributed by atoms with van der Waals surface area (Å²) in [6.07, 6.45) is 9.94. The molecule has 0 amide bonds. The Morgan fingerprint density at radius 3 is 2.05 bits per heavy atom. The van der Waals surface area contributed by atoms with E-state index < -0.39 is 0 Å². The van der Waals surface area contributed by atoms with Gasteiger partial charge in [0.25, 0.3) is 0 Å². The minimum Gasteiger partial charge on any atom is -0.492 e. The second-order valence-corrected chi connectivity index (χ2v) is 11.1. The normalized spacial score (nSPS) is 11.9. The summed E-state index contributed by atoms with van der Waals surface area (Å²) >= 11 is 6.10. The van der Waals surface area contributed by atoms with Crippen molar-refractivity contribution in [1.29, 1.82) is 0 Å². The lowest BCUT2D eigenvalue weighted by molar-refractivity contribution is 0.320. The third-order valence-electron chi connectivity index (χ3n) is 7.16. The maximum atomic E-state index is 14.4. The summed E-state index contributed by atoms with van der Waals surface area (Å²) < 4.78 is 20.2. The molecule has 0 bridgehead atoms.